The van der Waals surface area contributed by atoms with E-state index >= 15 is 0 Å². The van der Waals surface area contributed by atoms with Crippen LogP contribution >= 0.6 is 0 Å². The van der Waals surface area contributed by atoms with Crippen LogP contribution in [-0.4, -0.2) is 39.5 Å². The summed E-state index contributed by atoms with van der Waals surface area (Å²) in [6.07, 6.45) is 12.7. The molecule has 0 aromatic rings. The fourth-order valence-electron chi connectivity index (χ4n) is 4.14. The van der Waals surface area contributed by atoms with E-state index < -0.39 is 41.1 Å². The number of fused-ring (bicyclic) bond motifs is 3. The van der Waals surface area contributed by atoms with Gasteiger partial charge in [0.15, 0.2) is 17.2 Å². The second kappa shape index (κ2) is 9.75. The Labute approximate surface area is 193 Å². The van der Waals surface area contributed by atoms with Crippen molar-refractivity contribution in [3.8, 4) is 0 Å². The normalized spacial score (nSPS) is 29.0. The molecule has 0 saturated carbocycles. The number of rotatable bonds is 8. The summed E-state index contributed by atoms with van der Waals surface area (Å²) >= 11 is 0. The van der Waals surface area contributed by atoms with Crippen molar-refractivity contribution >= 4 is 17.5 Å². The highest BCUT2D eigenvalue weighted by Gasteiger charge is 2.62. The predicted molar refractivity (Wildman–Crippen MR) is 122 cm³/mol. The van der Waals surface area contributed by atoms with Crippen molar-refractivity contribution in [2.75, 3.05) is 0 Å². The Morgan fingerprint density at radius 1 is 1.24 bits per heavy atom. The quantitative estimate of drug-likeness (QED) is 0.189. The van der Waals surface area contributed by atoms with Crippen molar-refractivity contribution in [3.63, 3.8) is 0 Å². The molecule has 0 bridgehead atoms. The molecule has 0 amide bonds. The fourth-order valence-corrected chi connectivity index (χ4v) is 4.14. The molecule has 0 aromatic heterocycles. The number of hydrogen-bond acceptors (Lipinski definition) is 7. The van der Waals surface area contributed by atoms with Crippen molar-refractivity contribution in [1.82, 2.24) is 0 Å². The van der Waals surface area contributed by atoms with Gasteiger partial charge in [0, 0.05) is 18.1 Å². The molecule has 0 spiro atoms. The predicted octanol–water partition coefficient (Wildman–Crippen LogP) is 3.78. The molecule has 1 saturated heterocycles. The molecular weight excluding hydrogens is 424 g/mol. The second-order valence-electron chi connectivity index (χ2n) is 8.90. The van der Waals surface area contributed by atoms with Gasteiger partial charge in [0.05, 0.1) is 18.3 Å². The Morgan fingerprint density at radius 3 is 2.64 bits per heavy atom. The molecule has 0 aromatic carbocycles. The van der Waals surface area contributed by atoms with E-state index in [4.69, 9.17) is 9.47 Å². The number of carbonyl (C=O) groups excluding carboxylic acids is 3. The van der Waals surface area contributed by atoms with Crippen LogP contribution in [0.5, 0.6) is 0 Å². The molecule has 176 valence electrons. The first kappa shape index (κ1) is 24.5. The Balaban J connectivity index is 1.87. The van der Waals surface area contributed by atoms with E-state index in [2.05, 4.69) is 13.8 Å². The highest BCUT2D eigenvalue weighted by molar-refractivity contribution is 6.12. The summed E-state index contributed by atoms with van der Waals surface area (Å²) in [5.41, 5.74) is -0.524. The van der Waals surface area contributed by atoms with Gasteiger partial charge in [-0.15, -0.1) is 0 Å². The van der Waals surface area contributed by atoms with Gasteiger partial charge in [-0.25, -0.2) is 0 Å². The number of hydrogen-bond donors (Lipinski definition) is 2. The lowest BCUT2D eigenvalue weighted by Gasteiger charge is -2.35. The number of aliphatic hydroxyl groups excluding tert-OH is 2. The van der Waals surface area contributed by atoms with E-state index in [1.165, 1.54) is 25.3 Å². The average molecular weight is 455 g/mol. The average Bonchev–Trinajstić information content (AvgIpc) is 3.02. The number of allylic oxidation sites excluding steroid dienone is 7. The van der Waals surface area contributed by atoms with E-state index in [0.29, 0.717) is 22.8 Å². The summed E-state index contributed by atoms with van der Waals surface area (Å²) in [5, 5.41) is 19.8. The van der Waals surface area contributed by atoms with Crippen LogP contribution in [0.15, 0.2) is 71.5 Å². The molecule has 5 unspecified atom stereocenters. The van der Waals surface area contributed by atoms with Crippen molar-refractivity contribution < 1.29 is 34.1 Å². The van der Waals surface area contributed by atoms with Gasteiger partial charge in [0.2, 0.25) is 0 Å². The van der Waals surface area contributed by atoms with Gasteiger partial charge in [-0.1, -0.05) is 38.5 Å². The van der Waals surface area contributed by atoms with Crippen LogP contribution in [0, 0.1) is 17.8 Å². The first-order valence-electron chi connectivity index (χ1n) is 11.1. The van der Waals surface area contributed by atoms with Crippen LogP contribution in [0.3, 0.4) is 0 Å². The van der Waals surface area contributed by atoms with Gasteiger partial charge in [0.1, 0.15) is 17.4 Å². The molecule has 0 radical (unpaired) electrons. The van der Waals surface area contributed by atoms with E-state index in [9.17, 15) is 24.6 Å². The first-order chi connectivity index (χ1) is 15.6. The summed E-state index contributed by atoms with van der Waals surface area (Å²) in [6, 6.07) is 0. The molecule has 1 fully saturated rings. The van der Waals surface area contributed by atoms with E-state index in [0.717, 1.165) is 12.5 Å². The number of esters is 1. The zero-order chi connectivity index (χ0) is 24.3. The molecule has 2 heterocycles. The van der Waals surface area contributed by atoms with Crippen LogP contribution in [0.25, 0.3) is 0 Å². The number of ether oxygens (including phenoxy) is 2. The van der Waals surface area contributed by atoms with Gasteiger partial charge >= 0.3 is 5.97 Å². The molecule has 3 rings (SSSR count). The molecule has 2 aliphatic heterocycles. The van der Waals surface area contributed by atoms with Crippen LogP contribution in [0.1, 0.15) is 40.5 Å². The third-order valence-corrected chi connectivity index (χ3v) is 6.15. The summed E-state index contributed by atoms with van der Waals surface area (Å²) < 4.78 is 11.0. The zero-order valence-electron chi connectivity index (χ0n) is 19.3. The van der Waals surface area contributed by atoms with Crippen molar-refractivity contribution in [2.24, 2.45) is 17.8 Å². The Bertz CT molecular complexity index is 1020. The third-order valence-electron chi connectivity index (χ3n) is 6.15. The number of aliphatic hydroxyl groups is 2. The van der Waals surface area contributed by atoms with E-state index in [1.807, 2.05) is 6.08 Å². The van der Waals surface area contributed by atoms with Gasteiger partial charge in [0.25, 0.3) is 0 Å². The number of ketones is 2. The zero-order valence-corrected chi connectivity index (χ0v) is 19.3. The molecule has 33 heavy (non-hydrogen) atoms. The van der Waals surface area contributed by atoms with Gasteiger partial charge in [-0.05, 0) is 43.6 Å². The van der Waals surface area contributed by atoms with Crippen molar-refractivity contribution in [3.05, 3.63) is 71.5 Å². The van der Waals surface area contributed by atoms with Gasteiger partial charge in [-0.3, -0.25) is 14.4 Å². The maximum atomic E-state index is 13.0. The molecule has 7 heteroatoms. The van der Waals surface area contributed by atoms with Crippen molar-refractivity contribution in [2.45, 2.75) is 52.2 Å². The molecule has 7 nitrogen and oxygen atoms in total. The lowest BCUT2D eigenvalue weighted by molar-refractivity contribution is -0.156. The summed E-state index contributed by atoms with van der Waals surface area (Å²) in [7, 11) is 0. The summed E-state index contributed by atoms with van der Waals surface area (Å²) in [6.45, 7) is 7.23. The minimum Gasteiger partial charge on any atom is -0.508 e. The van der Waals surface area contributed by atoms with Crippen LogP contribution in [0.2, 0.25) is 0 Å². The Morgan fingerprint density at radius 2 is 1.97 bits per heavy atom. The van der Waals surface area contributed by atoms with Crippen molar-refractivity contribution in [1.29, 1.82) is 0 Å². The second-order valence-corrected chi connectivity index (χ2v) is 8.90. The van der Waals surface area contributed by atoms with Gasteiger partial charge < -0.3 is 19.7 Å². The van der Waals surface area contributed by atoms with Gasteiger partial charge in [-0.2, -0.15) is 0 Å². The highest BCUT2D eigenvalue weighted by Crippen LogP contribution is 2.49. The van der Waals surface area contributed by atoms with E-state index in [1.54, 1.807) is 25.2 Å². The lowest BCUT2D eigenvalue weighted by Crippen LogP contribution is -2.46. The number of carbonyl (C=O) groups is 3. The maximum Gasteiger partial charge on any atom is 0.318 e. The minimum absolute atomic E-state index is 0.253. The SMILES string of the molecule is CCC(C)C=CC=CC(O)=CC(=O)C1C(=O)OC2(C)C(=O)C=C3C=C(CC(C)O)OC=C3C12. The largest absolute Gasteiger partial charge is 0.508 e. The van der Waals surface area contributed by atoms with Crippen LogP contribution in [-0.2, 0) is 23.9 Å². The maximum absolute atomic E-state index is 13.0. The highest BCUT2D eigenvalue weighted by atomic mass is 16.6. The molecule has 3 aliphatic rings. The lowest BCUT2D eigenvalue weighted by atomic mass is 9.67. The third kappa shape index (κ3) is 5.09. The molecule has 5 atom stereocenters. The fraction of sp³-hybridized carbons (Fsp3) is 0.423. The standard InChI is InChI=1S/C26H30O7/c1-5-15(2)8-6-7-9-18(28)13-21(29)23-24-20-14-32-19(10-16(3)27)11-17(20)12-22(30)26(24,4)33-25(23)31/h6-9,11-16,23-24,27-28H,5,10H2,1-4H3. The molecule has 1 aliphatic carbocycles. The molecular formula is C26H30O7. The van der Waals surface area contributed by atoms with Crippen LogP contribution < -0.4 is 0 Å². The summed E-state index contributed by atoms with van der Waals surface area (Å²) in [5.74, 6) is -3.54. The van der Waals surface area contributed by atoms with Crippen LogP contribution in [0.4, 0.5) is 0 Å². The first-order valence-corrected chi connectivity index (χ1v) is 11.1. The monoisotopic (exact) mass is 454 g/mol. The van der Waals surface area contributed by atoms with E-state index in [-0.39, 0.29) is 12.2 Å². The molecule has 2 N–H and O–H groups in total. The Hall–Kier alpha value is -3.19. The summed E-state index contributed by atoms with van der Waals surface area (Å²) in [4.78, 5) is 38.6. The topological polar surface area (TPSA) is 110 Å². The smallest absolute Gasteiger partial charge is 0.318 e. The Kier molecular flexibility index (Phi) is 7.22. The minimum atomic E-state index is -1.54.